The number of carbonyl (C=O) groups is 2. The van der Waals surface area contributed by atoms with Crippen LogP contribution >= 0.6 is 0 Å². The fourth-order valence-corrected chi connectivity index (χ4v) is 2.33. The number of hydrogen-bond acceptors (Lipinski definition) is 5. The van der Waals surface area contributed by atoms with E-state index in [-0.39, 0.29) is 18.4 Å². The van der Waals surface area contributed by atoms with Crippen LogP contribution in [-0.2, 0) is 9.53 Å². The van der Waals surface area contributed by atoms with Gasteiger partial charge in [-0.2, -0.15) is 0 Å². The lowest BCUT2D eigenvalue weighted by Gasteiger charge is -2.11. The van der Waals surface area contributed by atoms with E-state index >= 15 is 0 Å². The molecule has 2 rings (SSSR count). The molecule has 7 heteroatoms. The number of ether oxygens (including phenoxy) is 2. The molecule has 27 heavy (non-hydrogen) atoms. The molecular weight excluding hydrogens is 346 g/mol. The molecule has 0 aromatic heterocycles. The molecule has 0 aliphatic rings. The predicted molar refractivity (Wildman–Crippen MR) is 105 cm³/mol. The van der Waals surface area contributed by atoms with Gasteiger partial charge in [-0.3, -0.25) is 9.59 Å². The smallest absolute Gasteiger partial charge is 0.251 e. The number of anilines is 2. The summed E-state index contributed by atoms with van der Waals surface area (Å²) in [5.74, 6) is 0.287. The molecule has 2 amide bonds. The van der Waals surface area contributed by atoms with Gasteiger partial charge in [-0.25, -0.2) is 0 Å². The van der Waals surface area contributed by atoms with Crippen molar-refractivity contribution in [2.45, 2.75) is 6.92 Å². The number of nitrogens with one attached hydrogen (secondary N) is 3. The Bertz CT molecular complexity index is 764. The van der Waals surface area contributed by atoms with Gasteiger partial charge >= 0.3 is 0 Å². The Morgan fingerprint density at radius 1 is 1.00 bits per heavy atom. The van der Waals surface area contributed by atoms with E-state index in [2.05, 4.69) is 16.0 Å². The monoisotopic (exact) mass is 371 g/mol. The zero-order valence-corrected chi connectivity index (χ0v) is 15.6. The first-order valence-corrected chi connectivity index (χ1v) is 8.79. The third-order valence-electron chi connectivity index (χ3n) is 3.62. The molecule has 0 aliphatic carbocycles. The van der Waals surface area contributed by atoms with Gasteiger partial charge in [0.15, 0.2) is 0 Å². The van der Waals surface area contributed by atoms with Gasteiger partial charge in [0, 0.05) is 36.7 Å². The number of hydrogen-bond donors (Lipinski definition) is 3. The normalized spacial score (nSPS) is 10.1. The highest BCUT2D eigenvalue weighted by molar-refractivity contribution is 5.96. The molecular formula is C20H25N3O4. The molecule has 0 saturated carbocycles. The SMILES string of the molecule is CCOCCOc1cccc(NC(=O)CNc2cccc(C(=O)NC)c2)c1. The zero-order valence-electron chi connectivity index (χ0n) is 15.6. The Kier molecular flexibility index (Phi) is 8.12. The maximum atomic E-state index is 12.2. The summed E-state index contributed by atoms with van der Waals surface area (Å²) in [6, 6.07) is 14.1. The van der Waals surface area contributed by atoms with Gasteiger partial charge in [0.25, 0.3) is 5.91 Å². The highest BCUT2D eigenvalue weighted by Gasteiger charge is 2.06. The fourth-order valence-electron chi connectivity index (χ4n) is 2.33. The Hall–Kier alpha value is -3.06. The average Bonchev–Trinajstić information content (AvgIpc) is 2.69. The topological polar surface area (TPSA) is 88.7 Å². The lowest BCUT2D eigenvalue weighted by Crippen LogP contribution is -2.22. The quantitative estimate of drug-likeness (QED) is 0.559. The van der Waals surface area contributed by atoms with Crippen LogP contribution in [0, 0.1) is 0 Å². The van der Waals surface area contributed by atoms with E-state index < -0.39 is 0 Å². The molecule has 0 spiro atoms. The first-order chi connectivity index (χ1) is 13.1. The summed E-state index contributed by atoms with van der Waals surface area (Å²) < 4.78 is 10.8. The van der Waals surface area contributed by atoms with Crippen LogP contribution in [0.4, 0.5) is 11.4 Å². The number of carbonyl (C=O) groups excluding carboxylic acids is 2. The molecule has 0 heterocycles. The van der Waals surface area contributed by atoms with Crippen molar-refractivity contribution in [3.63, 3.8) is 0 Å². The molecule has 0 atom stereocenters. The second-order valence-electron chi connectivity index (χ2n) is 5.63. The number of amides is 2. The highest BCUT2D eigenvalue weighted by atomic mass is 16.5. The van der Waals surface area contributed by atoms with Crippen LogP contribution in [0.2, 0.25) is 0 Å². The minimum absolute atomic E-state index is 0.0760. The van der Waals surface area contributed by atoms with Crippen LogP contribution < -0.4 is 20.7 Å². The van der Waals surface area contributed by atoms with Gasteiger partial charge in [0.1, 0.15) is 12.4 Å². The lowest BCUT2D eigenvalue weighted by atomic mass is 10.2. The first kappa shape index (κ1) is 20.3. The molecule has 0 unspecified atom stereocenters. The minimum atomic E-state index is -0.202. The van der Waals surface area contributed by atoms with E-state index in [1.165, 1.54) is 0 Å². The van der Waals surface area contributed by atoms with Crippen molar-refractivity contribution in [1.82, 2.24) is 5.32 Å². The van der Waals surface area contributed by atoms with Gasteiger partial charge < -0.3 is 25.4 Å². The summed E-state index contributed by atoms with van der Waals surface area (Å²) in [6.07, 6.45) is 0. The van der Waals surface area contributed by atoms with Gasteiger partial charge in [0.05, 0.1) is 13.2 Å². The molecule has 0 fully saturated rings. The fraction of sp³-hybridized carbons (Fsp3) is 0.300. The summed E-state index contributed by atoms with van der Waals surface area (Å²) in [4.78, 5) is 23.8. The zero-order chi connectivity index (χ0) is 19.5. The Morgan fingerprint density at radius 3 is 2.56 bits per heavy atom. The summed E-state index contributed by atoms with van der Waals surface area (Å²) >= 11 is 0. The molecule has 2 aromatic rings. The van der Waals surface area contributed by atoms with E-state index in [1.807, 2.05) is 19.1 Å². The number of benzene rings is 2. The molecule has 2 aromatic carbocycles. The maximum absolute atomic E-state index is 12.2. The number of rotatable bonds is 10. The summed E-state index contributed by atoms with van der Waals surface area (Å²) in [6.45, 7) is 3.63. The molecule has 0 aliphatic heterocycles. The average molecular weight is 371 g/mol. The standard InChI is InChI=1S/C20H25N3O4/c1-3-26-10-11-27-18-9-5-8-17(13-18)23-19(24)14-22-16-7-4-6-15(12-16)20(25)21-2/h4-9,12-13,22H,3,10-11,14H2,1-2H3,(H,21,25)(H,23,24). The van der Waals surface area contributed by atoms with Gasteiger partial charge in [-0.05, 0) is 37.3 Å². The van der Waals surface area contributed by atoms with Crippen molar-refractivity contribution in [2.24, 2.45) is 0 Å². The van der Waals surface area contributed by atoms with E-state index in [4.69, 9.17) is 9.47 Å². The second-order valence-corrected chi connectivity index (χ2v) is 5.63. The van der Waals surface area contributed by atoms with Crippen LogP contribution in [-0.4, -0.2) is 45.2 Å². The minimum Gasteiger partial charge on any atom is -0.491 e. The van der Waals surface area contributed by atoms with Crippen molar-refractivity contribution in [3.8, 4) is 5.75 Å². The van der Waals surface area contributed by atoms with Crippen LogP contribution in [0.1, 0.15) is 17.3 Å². The Balaban J connectivity index is 1.84. The van der Waals surface area contributed by atoms with Crippen LogP contribution in [0.25, 0.3) is 0 Å². The first-order valence-electron chi connectivity index (χ1n) is 8.79. The molecule has 0 bridgehead atoms. The molecule has 7 nitrogen and oxygen atoms in total. The third kappa shape index (κ3) is 6.99. The Morgan fingerprint density at radius 2 is 1.78 bits per heavy atom. The second kappa shape index (κ2) is 10.8. The van der Waals surface area contributed by atoms with Gasteiger partial charge in [-0.1, -0.05) is 12.1 Å². The van der Waals surface area contributed by atoms with Crippen molar-refractivity contribution >= 4 is 23.2 Å². The Labute approximate surface area is 159 Å². The maximum Gasteiger partial charge on any atom is 0.251 e. The van der Waals surface area contributed by atoms with E-state index in [0.29, 0.717) is 42.5 Å². The summed E-state index contributed by atoms with van der Waals surface area (Å²) in [5.41, 5.74) is 1.87. The van der Waals surface area contributed by atoms with Crippen LogP contribution in [0.3, 0.4) is 0 Å². The molecule has 3 N–H and O–H groups in total. The highest BCUT2D eigenvalue weighted by Crippen LogP contribution is 2.17. The molecule has 144 valence electrons. The van der Waals surface area contributed by atoms with Crippen molar-refractivity contribution in [3.05, 3.63) is 54.1 Å². The van der Waals surface area contributed by atoms with Crippen LogP contribution in [0.5, 0.6) is 5.75 Å². The summed E-state index contributed by atoms with van der Waals surface area (Å²) in [7, 11) is 1.57. The largest absolute Gasteiger partial charge is 0.491 e. The molecule has 0 radical (unpaired) electrons. The third-order valence-corrected chi connectivity index (χ3v) is 3.62. The predicted octanol–water partition coefficient (Wildman–Crippen LogP) is 2.51. The van der Waals surface area contributed by atoms with Crippen molar-refractivity contribution in [1.29, 1.82) is 0 Å². The lowest BCUT2D eigenvalue weighted by molar-refractivity contribution is -0.114. The summed E-state index contributed by atoms with van der Waals surface area (Å²) in [5, 5.41) is 8.38. The van der Waals surface area contributed by atoms with E-state index in [9.17, 15) is 9.59 Å². The van der Waals surface area contributed by atoms with Gasteiger partial charge in [-0.15, -0.1) is 0 Å². The van der Waals surface area contributed by atoms with E-state index in [1.54, 1.807) is 43.4 Å². The van der Waals surface area contributed by atoms with Crippen LogP contribution in [0.15, 0.2) is 48.5 Å². The van der Waals surface area contributed by atoms with Crippen molar-refractivity contribution in [2.75, 3.05) is 44.0 Å². The van der Waals surface area contributed by atoms with Crippen molar-refractivity contribution < 1.29 is 19.1 Å². The van der Waals surface area contributed by atoms with Gasteiger partial charge in [0.2, 0.25) is 5.91 Å². The molecule has 0 saturated heterocycles. The van der Waals surface area contributed by atoms with E-state index in [0.717, 1.165) is 0 Å².